The van der Waals surface area contributed by atoms with E-state index in [2.05, 4.69) is 6.07 Å². The fourth-order valence-electron chi connectivity index (χ4n) is 1.22. The van der Waals surface area contributed by atoms with Gasteiger partial charge in [-0.1, -0.05) is 6.07 Å². The van der Waals surface area contributed by atoms with Crippen LogP contribution >= 0.6 is 0 Å². The Hall–Kier alpha value is -1.57. The molecule has 0 atom stereocenters. The van der Waals surface area contributed by atoms with Gasteiger partial charge < -0.3 is 15.2 Å². The molecule has 0 radical (unpaired) electrons. The second kappa shape index (κ2) is 6.83. The highest BCUT2D eigenvalue weighted by molar-refractivity contribution is 5.41. The largest absolute Gasteiger partial charge is 0.491 e. The molecular weight excluding hydrogens is 204 g/mol. The van der Waals surface area contributed by atoms with E-state index in [1.807, 2.05) is 13.0 Å². The van der Waals surface area contributed by atoms with Crippen molar-refractivity contribution in [2.24, 2.45) is 5.73 Å². The molecule has 0 fully saturated rings. The van der Waals surface area contributed by atoms with Crippen LogP contribution in [0.4, 0.5) is 0 Å². The molecule has 4 heteroatoms. The molecule has 0 aliphatic heterocycles. The molecule has 0 saturated carbocycles. The lowest BCUT2D eigenvalue weighted by Crippen LogP contribution is -2.13. The van der Waals surface area contributed by atoms with Crippen molar-refractivity contribution in [3.63, 3.8) is 0 Å². The van der Waals surface area contributed by atoms with Gasteiger partial charge in [0.05, 0.1) is 24.8 Å². The SMILES string of the molecule is Cc1ccc(C#N)cc1OCCOCCN. The van der Waals surface area contributed by atoms with E-state index in [-0.39, 0.29) is 0 Å². The van der Waals surface area contributed by atoms with Crippen molar-refractivity contribution < 1.29 is 9.47 Å². The summed E-state index contributed by atoms with van der Waals surface area (Å²) < 4.78 is 10.7. The highest BCUT2D eigenvalue weighted by Gasteiger charge is 2.01. The zero-order chi connectivity index (χ0) is 11.8. The third-order valence-corrected chi connectivity index (χ3v) is 2.06. The van der Waals surface area contributed by atoms with Gasteiger partial charge in [-0.2, -0.15) is 5.26 Å². The number of hydrogen-bond acceptors (Lipinski definition) is 4. The second-order valence-corrected chi connectivity index (χ2v) is 3.34. The predicted molar refractivity (Wildman–Crippen MR) is 61.3 cm³/mol. The number of hydrogen-bond donors (Lipinski definition) is 1. The Morgan fingerprint density at radius 3 is 2.81 bits per heavy atom. The molecule has 86 valence electrons. The lowest BCUT2D eigenvalue weighted by atomic mass is 10.1. The highest BCUT2D eigenvalue weighted by Crippen LogP contribution is 2.18. The first-order valence-corrected chi connectivity index (χ1v) is 5.19. The Morgan fingerprint density at radius 2 is 2.12 bits per heavy atom. The van der Waals surface area contributed by atoms with Crippen molar-refractivity contribution in [3.8, 4) is 11.8 Å². The van der Waals surface area contributed by atoms with Crippen LogP contribution in [0.25, 0.3) is 0 Å². The summed E-state index contributed by atoms with van der Waals surface area (Å²) in [4.78, 5) is 0. The number of rotatable bonds is 6. The third kappa shape index (κ3) is 3.89. The van der Waals surface area contributed by atoms with Gasteiger partial charge in [0.1, 0.15) is 12.4 Å². The molecule has 1 aromatic rings. The quantitative estimate of drug-likeness (QED) is 0.732. The zero-order valence-electron chi connectivity index (χ0n) is 9.40. The van der Waals surface area contributed by atoms with Gasteiger partial charge >= 0.3 is 0 Å². The summed E-state index contributed by atoms with van der Waals surface area (Å²) in [7, 11) is 0. The Labute approximate surface area is 95.6 Å². The van der Waals surface area contributed by atoms with E-state index in [0.717, 1.165) is 11.3 Å². The van der Waals surface area contributed by atoms with Gasteiger partial charge in [0.2, 0.25) is 0 Å². The van der Waals surface area contributed by atoms with Crippen LogP contribution in [0.15, 0.2) is 18.2 Å². The summed E-state index contributed by atoms with van der Waals surface area (Å²) in [5.41, 5.74) is 6.89. The van der Waals surface area contributed by atoms with Crippen molar-refractivity contribution in [1.29, 1.82) is 5.26 Å². The van der Waals surface area contributed by atoms with Crippen molar-refractivity contribution in [1.82, 2.24) is 0 Å². The monoisotopic (exact) mass is 220 g/mol. The molecule has 0 heterocycles. The molecule has 0 aliphatic rings. The van der Waals surface area contributed by atoms with Gasteiger partial charge in [-0.15, -0.1) is 0 Å². The molecule has 0 aromatic heterocycles. The van der Waals surface area contributed by atoms with Crippen molar-refractivity contribution in [2.75, 3.05) is 26.4 Å². The van der Waals surface area contributed by atoms with Gasteiger partial charge in [-0.05, 0) is 24.6 Å². The zero-order valence-corrected chi connectivity index (χ0v) is 9.40. The lowest BCUT2D eigenvalue weighted by molar-refractivity contribution is 0.105. The van der Waals surface area contributed by atoms with E-state index < -0.39 is 0 Å². The normalized spacial score (nSPS) is 9.81. The minimum atomic E-state index is 0.468. The van der Waals surface area contributed by atoms with Crippen LogP contribution in [0.3, 0.4) is 0 Å². The number of aryl methyl sites for hydroxylation is 1. The molecule has 2 N–H and O–H groups in total. The van der Waals surface area contributed by atoms with Crippen LogP contribution in [0.5, 0.6) is 5.75 Å². The van der Waals surface area contributed by atoms with Crippen molar-refractivity contribution in [2.45, 2.75) is 6.92 Å². The number of benzene rings is 1. The molecule has 0 spiro atoms. The number of nitrogens with two attached hydrogens (primary N) is 1. The molecule has 0 unspecified atom stereocenters. The summed E-state index contributed by atoms with van der Waals surface area (Å²) in [5.74, 6) is 0.732. The maximum Gasteiger partial charge on any atom is 0.123 e. The molecule has 4 nitrogen and oxygen atoms in total. The van der Waals surface area contributed by atoms with Gasteiger partial charge in [0, 0.05) is 6.54 Å². The maximum atomic E-state index is 8.75. The molecule has 16 heavy (non-hydrogen) atoms. The summed E-state index contributed by atoms with van der Waals surface area (Å²) in [6, 6.07) is 7.45. The van der Waals surface area contributed by atoms with E-state index in [1.54, 1.807) is 12.1 Å². The number of ether oxygens (including phenoxy) is 2. The number of nitriles is 1. The van der Waals surface area contributed by atoms with Crippen LogP contribution in [-0.2, 0) is 4.74 Å². The van der Waals surface area contributed by atoms with Gasteiger partial charge in [0.15, 0.2) is 0 Å². The molecule has 1 rings (SSSR count). The Balaban J connectivity index is 2.44. The second-order valence-electron chi connectivity index (χ2n) is 3.34. The van der Waals surface area contributed by atoms with Gasteiger partial charge in [-0.25, -0.2) is 0 Å². The van der Waals surface area contributed by atoms with Crippen LogP contribution < -0.4 is 10.5 Å². The summed E-state index contributed by atoms with van der Waals surface area (Å²) in [6.07, 6.45) is 0. The fourth-order valence-corrected chi connectivity index (χ4v) is 1.22. The predicted octanol–water partition coefficient (Wildman–Crippen LogP) is 1.22. The molecule has 0 bridgehead atoms. The van der Waals surface area contributed by atoms with Crippen LogP contribution in [0.1, 0.15) is 11.1 Å². The molecule has 0 amide bonds. The summed E-state index contributed by atoms with van der Waals surface area (Å²) in [5, 5.41) is 8.75. The van der Waals surface area contributed by atoms with Gasteiger partial charge in [-0.3, -0.25) is 0 Å². The number of nitrogens with zero attached hydrogens (tertiary/aromatic N) is 1. The van der Waals surface area contributed by atoms with Crippen LogP contribution in [0, 0.1) is 18.3 Å². The smallest absolute Gasteiger partial charge is 0.123 e. The van der Waals surface area contributed by atoms with E-state index in [0.29, 0.717) is 31.9 Å². The third-order valence-electron chi connectivity index (χ3n) is 2.06. The Morgan fingerprint density at radius 1 is 1.31 bits per heavy atom. The minimum absolute atomic E-state index is 0.468. The molecule has 0 aliphatic carbocycles. The average molecular weight is 220 g/mol. The van der Waals surface area contributed by atoms with E-state index in [4.69, 9.17) is 20.5 Å². The standard InChI is InChI=1S/C12H16N2O2/c1-10-2-3-11(9-14)8-12(10)16-7-6-15-5-4-13/h2-3,8H,4-7,13H2,1H3. The highest BCUT2D eigenvalue weighted by atomic mass is 16.5. The van der Waals surface area contributed by atoms with Crippen LogP contribution in [-0.4, -0.2) is 26.4 Å². The minimum Gasteiger partial charge on any atom is -0.491 e. The van der Waals surface area contributed by atoms with Crippen LogP contribution in [0.2, 0.25) is 0 Å². The maximum absolute atomic E-state index is 8.75. The Kier molecular flexibility index (Phi) is 5.34. The molecular formula is C12H16N2O2. The van der Waals surface area contributed by atoms with E-state index in [1.165, 1.54) is 0 Å². The lowest BCUT2D eigenvalue weighted by Gasteiger charge is -2.09. The average Bonchev–Trinajstić information content (AvgIpc) is 2.31. The van der Waals surface area contributed by atoms with Crippen molar-refractivity contribution >= 4 is 0 Å². The van der Waals surface area contributed by atoms with E-state index >= 15 is 0 Å². The Bertz CT molecular complexity index is 372. The first-order valence-electron chi connectivity index (χ1n) is 5.19. The first kappa shape index (κ1) is 12.5. The summed E-state index contributed by atoms with van der Waals surface area (Å²) in [6.45, 7) is 3.98. The fraction of sp³-hybridized carbons (Fsp3) is 0.417. The van der Waals surface area contributed by atoms with Crippen molar-refractivity contribution in [3.05, 3.63) is 29.3 Å². The van der Waals surface area contributed by atoms with E-state index in [9.17, 15) is 0 Å². The topological polar surface area (TPSA) is 68.3 Å². The first-order chi connectivity index (χ1) is 7.77. The van der Waals surface area contributed by atoms with Gasteiger partial charge in [0.25, 0.3) is 0 Å². The molecule has 1 aromatic carbocycles. The molecule has 0 saturated heterocycles. The summed E-state index contributed by atoms with van der Waals surface area (Å²) >= 11 is 0.